The SMILES string of the molecule is CC.COC(=O)c1ccc2c(N(CC3CCC(c4ccc(OC)c(C)c4)CC3)C(=O)C3CCC(O)CC3)nccc2c1. The van der Waals surface area contributed by atoms with Gasteiger partial charge in [-0.05, 0) is 117 Å². The van der Waals surface area contributed by atoms with Crippen LogP contribution in [-0.4, -0.2) is 48.8 Å². The lowest BCUT2D eigenvalue weighted by atomic mass is 9.78. The number of carbonyl (C=O) groups excluding carboxylic acids is 2. The third kappa shape index (κ3) is 7.12. The number of nitrogens with zero attached hydrogens (tertiary/aromatic N) is 2. The molecule has 7 nitrogen and oxygen atoms in total. The predicted molar refractivity (Wildman–Crippen MR) is 167 cm³/mol. The Labute approximate surface area is 250 Å². The smallest absolute Gasteiger partial charge is 0.337 e. The molecule has 7 heteroatoms. The summed E-state index contributed by atoms with van der Waals surface area (Å²) in [6, 6.07) is 13.8. The summed E-state index contributed by atoms with van der Waals surface area (Å²) in [6.07, 6.45) is 8.34. The quantitative estimate of drug-likeness (QED) is 0.300. The fraction of sp³-hybridized carbons (Fsp3) is 0.514. The molecule has 226 valence electrons. The van der Waals surface area contributed by atoms with E-state index in [9.17, 15) is 14.7 Å². The Hall–Kier alpha value is -3.45. The summed E-state index contributed by atoms with van der Waals surface area (Å²) in [7, 11) is 3.08. The second-order valence-corrected chi connectivity index (χ2v) is 11.5. The summed E-state index contributed by atoms with van der Waals surface area (Å²) >= 11 is 0. The van der Waals surface area contributed by atoms with E-state index in [4.69, 9.17) is 14.5 Å². The minimum absolute atomic E-state index is 0.0943. The van der Waals surface area contributed by atoms with Crippen molar-refractivity contribution in [3.05, 3.63) is 65.4 Å². The zero-order valence-electron chi connectivity index (χ0n) is 25.8. The van der Waals surface area contributed by atoms with Gasteiger partial charge in [0, 0.05) is 24.0 Å². The molecule has 2 fully saturated rings. The zero-order valence-corrected chi connectivity index (χ0v) is 25.8. The lowest BCUT2D eigenvalue weighted by Crippen LogP contribution is -2.42. The summed E-state index contributed by atoms with van der Waals surface area (Å²) in [5.74, 6) is 2.04. The van der Waals surface area contributed by atoms with Gasteiger partial charge in [-0.15, -0.1) is 0 Å². The molecular weight excluding hydrogens is 528 g/mol. The molecule has 0 radical (unpaired) electrons. The Bertz CT molecular complexity index is 1360. The number of aliphatic hydroxyl groups excluding tert-OH is 1. The molecule has 1 aromatic heterocycles. The average Bonchev–Trinajstić information content (AvgIpc) is 3.04. The van der Waals surface area contributed by atoms with Crippen molar-refractivity contribution in [2.45, 2.75) is 84.2 Å². The number of methoxy groups -OCH3 is 2. The Morgan fingerprint density at radius 3 is 2.29 bits per heavy atom. The summed E-state index contributed by atoms with van der Waals surface area (Å²) < 4.78 is 10.3. The lowest BCUT2D eigenvalue weighted by molar-refractivity contribution is -0.124. The second-order valence-electron chi connectivity index (χ2n) is 11.5. The first-order valence-electron chi connectivity index (χ1n) is 15.5. The van der Waals surface area contributed by atoms with E-state index >= 15 is 0 Å². The summed E-state index contributed by atoms with van der Waals surface area (Å²) in [4.78, 5) is 32.8. The summed E-state index contributed by atoms with van der Waals surface area (Å²) in [5.41, 5.74) is 3.00. The lowest BCUT2D eigenvalue weighted by Gasteiger charge is -2.35. The number of rotatable bonds is 7. The number of aromatic nitrogens is 1. The van der Waals surface area contributed by atoms with Gasteiger partial charge in [-0.1, -0.05) is 26.0 Å². The molecule has 1 heterocycles. The van der Waals surface area contributed by atoms with Crippen molar-refractivity contribution in [1.29, 1.82) is 0 Å². The maximum atomic E-state index is 14.0. The van der Waals surface area contributed by atoms with Gasteiger partial charge in [-0.2, -0.15) is 0 Å². The molecular formula is C35H46N2O5. The highest BCUT2D eigenvalue weighted by Crippen LogP contribution is 2.39. The first-order valence-corrected chi connectivity index (χ1v) is 15.5. The Morgan fingerprint density at radius 2 is 1.64 bits per heavy atom. The Kier molecular flexibility index (Phi) is 11.0. The van der Waals surface area contributed by atoms with E-state index in [0.717, 1.165) is 47.8 Å². The van der Waals surface area contributed by atoms with Gasteiger partial charge in [0.2, 0.25) is 5.91 Å². The van der Waals surface area contributed by atoms with Crippen LogP contribution in [0.1, 0.15) is 92.6 Å². The topological polar surface area (TPSA) is 89.0 Å². The highest BCUT2D eigenvalue weighted by atomic mass is 16.5. The minimum Gasteiger partial charge on any atom is -0.496 e. The number of benzene rings is 2. The number of anilines is 1. The second kappa shape index (κ2) is 14.6. The molecule has 2 aliphatic rings. The molecule has 0 aliphatic heterocycles. The van der Waals surface area contributed by atoms with E-state index in [1.807, 2.05) is 30.9 Å². The highest BCUT2D eigenvalue weighted by Gasteiger charge is 2.33. The van der Waals surface area contributed by atoms with E-state index in [1.54, 1.807) is 25.4 Å². The van der Waals surface area contributed by atoms with Crippen LogP contribution < -0.4 is 9.64 Å². The number of amides is 1. The first-order chi connectivity index (χ1) is 20.4. The molecule has 2 saturated carbocycles. The average molecular weight is 575 g/mol. The van der Waals surface area contributed by atoms with Crippen LogP contribution in [0.2, 0.25) is 0 Å². The van der Waals surface area contributed by atoms with Crippen molar-refractivity contribution in [2.75, 3.05) is 25.7 Å². The van der Waals surface area contributed by atoms with Gasteiger partial charge in [-0.25, -0.2) is 9.78 Å². The molecule has 0 spiro atoms. The van der Waals surface area contributed by atoms with Crippen LogP contribution in [-0.2, 0) is 9.53 Å². The maximum absolute atomic E-state index is 14.0. The van der Waals surface area contributed by atoms with E-state index in [2.05, 4.69) is 25.1 Å². The third-order valence-electron chi connectivity index (χ3n) is 8.91. The molecule has 2 aromatic carbocycles. The Morgan fingerprint density at radius 1 is 0.929 bits per heavy atom. The molecule has 0 saturated heterocycles. The van der Waals surface area contributed by atoms with Crippen LogP contribution in [0.5, 0.6) is 5.75 Å². The van der Waals surface area contributed by atoms with Gasteiger partial charge in [0.1, 0.15) is 11.6 Å². The van der Waals surface area contributed by atoms with Gasteiger partial charge in [0.05, 0.1) is 25.9 Å². The fourth-order valence-corrected chi connectivity index (χ4v) is 6.54. The summed E-state index contributed by atoms with van der Waals surface area (Å²) in [6.45, 7) is 6.71. The van der Waals surface area contributed by atoms with E-state index < -0.39 is 5.97 Å². The van der Waals surface area contributed by atoms with Gasteiger partial charge in [0.25, 0.3) is 0 Å². The van der Waals surface area contributed by atoms with Crippen LogP contribution in [0.15, 0.2) is 48.7 Å². The van der Waals surface area contributed by atoms with Crippen LogP contribution in [0.3, 0.4) is 0 Å². The number of aliphatic hydroxyl groups is 1. The van der Waals surface area contributed by atoms with Crippen molar-refractivity contribution in [1.82, 2.24) is 4.98 Å². The van der Waals surface area contributed by atoms with Crippen molar-refractivity contribution in [3.63, 3.8) is 0 Å². The van der Waals surface area contributed by atoms with Gasteiger partial charge < -0.3 is 14.6 Å². The van der Waals surface area contributed by atoms with Crippen LogP contribution in [0.4, 0.5) is 5.82 Å². The molecule has 0 atom stereocenters. The largest absolute Gasteiger partial charge is 0.496 e. The number of pyridine rings is 1. The van der Waals surface area contributed by atoms with E-state index in [0.29, 0.717) is 55.4 Å². The number of esters is 1. The van der Waals surface area contributed by atoms with Crippen LogP contribution in [0, 0.1) is 18.8 Å². The maximum Gasteiger partial charge on any atom is 0.337 e. The molecule has 1 N–H and O–H groups in total. The van der Waals surface area contributed by atoms with Crippen molar-refractivity contribution < 1.29 is 24.2 Å². The zero-order chi connectivity index (χ0) is 30.2. The summed E-state index contributed by atoms with van der Waals surface area (Å²) in [5, 5.41) is 11.7. The molecule has 3 aromatic rings. The molecule has 1 amide bonds. The molecule has 5 rings (SSSR count). The van der Waals surface area contributed by atoms with Crippen LogP contribution >= 0.6 is 0 Å². The van der Waals surface area contributed by atoms with E-state index in [1.165, 1.54) is 12.7 Å². The first kappa shape index (κ1) is 31.5. The normalized spacial score (nSPS) is 22.0. The monoisotopic (exact) mass is 574 g/mol. The number of hydrogen-bond donors (Lipinski definition) is 1. The van der Waals surface area contributed by atoms with Crippen molar-refractivity contribution in [3.8, 4) is 5.75 Å². The number of hydrogen-bond acceptors (Lipinski definition) is 6. The molecule has 42 heavy (non-hydrogen) atoms. The number of carbonyl (C=O) groups is 2. The van der Waals surface area contributed by atoms with Gasteiger partial charge >= 0.3 is 5.97 Å². The molecule has 0 bridgehead atoms. The van der Waals surface area contributed by atoms with Crippen molar-refractivity contribution in [2.24, 2.45) is 11.8 Å². The number of ether oxygens (including phenoxy) is 2. The molecule has 2 aliphatic carbocycles. The predicted octanol–water partition coefficient (Wildman–Crippen LogP) is 7.22. The molecule has 0 unspecified atom stereocenters. The number of fused-ring (bicyclic) bond motifs is 1. The van der Waals surface area contributed by atoms with Gasteiger partial charge in [0.15, 0.2) is 0 Å². The minimum atomic E-state index is -0.391. The van der Waals surface area contributed by atoms with Crippen LogP contribution in [0.25, 0.3) is 10.8 Å². The number of aryl methyl sites for hydroxylation is 1. The van der Waals surface area contributed by atoms with Gasteiger partial charge in [-0.3, -0.25) is 9.69 Å². The third-order valence-corrected chi connectivity index (χ3v) is 8.91. The highest BCUT2D eigenvalue weighted by molar-refractivity contribution is 6.04. The standard InChI is InChI=1S/C33H40N2O5.C2H6/c1-21-18-25(11-15-30(21)39-2)23-6-4-22(5-7-23)20-35(32(37)24-8-12-28(36)13-9-24)31-29-14-10-27(33(38)40-3)19-26(29)16-17-34-31;1-2/h10-11,14-19,22-24,28,36H,4-9,12-13,20H2,1-3H3;1-2H3. The van der Waals surface area contributed by atoms with Crippen molar-refractivity contribution >= 4 is 28.5 Å². The van der Waals surface area contributed by atoms with E-state index in [-0.39, 0.29) is 17.9 Å². The fourth-order valence-electron chi connectivity index (χ4n) is 6.54. The Balaban J connectivity index is 0.00000198.